The molecule has 3 N–H and O–H groups in total. The highest BCUT2D eigenvalue weighted by atomic mass is 16.3. The molecule has 1 saturated heterocycles. The molecule has 0 amide bonds. The molecule has 0 atom stereocenters. The number of aromatic nitrogens is 1. The lowest BCUT2D eigenvalue weighted by molar-refractivity contribution is -0.124. The number of aliphatic hydroxyl groups excluding tert-OH is 1. The second-order valence-corrected chi connectivity index (χ2v) is 8.61. The summed E-state index contributed by atoms with van der Waals surface area (Å²) in [5.74, 6) is -0.217. The van der Waals surface area contributed by atoms with Gasteiger partial charge in [0.2, 0.25) is 0 Å². The Labute approximate surface area is 183 Å². The van der Waals surface area contributed by atoms with E-state index < -0.39 is 0 Å². The van der Waals surface area contributed by atoms with Crippen LogP contribution in [0.2, 0.25) is 0 Å². The first-order valence-corrected chi connectivity index (χ1v) is 11.2. The lowest BCUT2D eigenvalue weighted by atomic mass is 9.80. The van der Waals surface area contributed by atoms with Crippen molar-refractivity contribution in [1.82, 2.24) is 20.1 Å². The number of carbonyl (C=O) groups is 2. The summed E-state index contributed by atoms with van der Waals surface area (Å²) < 4.78 is 0. The summed E-state index contributed by atoms with van der Waals surface area (Å²) in [7, 11) is 0. The third-order valence-corrected chi connectivity index (χ3v) is 6.55. The highest BCUT2D eigenvalue weighted by Crippen LogP contribution is 2.36. The Morgan fingerprint density at radius 1 is 1.10 bits per heavy atom. The minimum atomic E-state index is -0.0747. The van der Waals surface area contributed by atoms with Crippen LogP contribution in [0.25, 0.3) is 10.9 Å². The van der Waals surface area contributed by atoms with Crippen molar-refractivity contribution < 1.29 is 14.7 Å². The Hall–Kier alpha value is -2.48. The first kappa shape index (κ1) is 21.7. The van der Waals surface area contributed by atoms with Crippen LogP contribution in [0.3, 0.4) is 0 Å². The zero-order chi connectivity index (χ0) is 21.8. The molecule has 31 heavy (non-hydrogen) atoms. The quantitative estimate of drug-likeness (QED) is 0.355. The van der Waals surface area contributed by atoms with Gasteiger partial charge in [0.15, 0.2) is 11.6 Å². The summed E-state index contributed by atoms with van der Waals surface area (Å²) in [6.45, 7) is 8.46. The fraction of sp³-hybridized carbons (Fsp3) is 0.500. The summed E-state index contributed by atoms with van der Waals surface area (Å²) in [5.41, 5.74) is 3.59. The summed E-state index contributed by atoms with van der Waals surface area (Å²) in [4.78, 5) is 33.4. The minimum absolute atomic E-state index is 0.0674. The molecule has 1 aromatic carbocycles. The van der Waals surface area contributed by atoms with Crippen LogP contribution in [0.4, 0.5) is 0 Å². The standard InChI is InChI=1S/C24H32N4O3/c1-17-3-2-4-21-24(17)19(16-26-21)18-13-22(30)20(23(31)14-18)15-25-5-6-27-7-9-28(10-8-27)11-12-29/h2-4,15-16,18,25-26,29H,5-14H2,1H3. The SMILES string of the molecule is Cc1cccc2[nH]cc(C3CC(=O)C(=CNCCN4CCN(CCO)CC4)C(=O)C3)c12. The van der Waals surface area contributed by atoms with E-state index in [0.29, 0.717) is 25.0 Å². The van der Waals surface area contributed by atoms with Gasteiger partial charge in [-0.25, -0.2) is 0 Å². The summed E-state index contributed by atoms with van der Waals surface area (Å²) in [6.07, 6.45) is 4.32. The molecule has 0 spiro atoms. The molecular formula is C24H32N4O3. The zero-order valence-corrected chi connectivity index (χ0v) is 18.2. The maximum atomic E-state index is 12.7. The second-order valence-electron chi connectivity index (χ2n) is 8.61. The van der Waals surface area contributed by atoms with Crippen LogP contribution in [0.5, 0.6) is 0 Å². The Balaban J connectivity index is 1.31. The highest BCUT2D eigenvalue weighted by molar-refractivity contribution is 6.22. The molecule has 7 heteroatoms. The molecule has 0 radical (unpaired) electrons. The number of rotatable bonds is 7. The van der Waals surface area contributed by atoms with E-state index in [2.05, 4.69) is 33.1 Å². The Morgan fingerprint density at radius 2 is 1.77 bits per heavy atom. The topological polar surface area (TPSA) is 88.7 Å². The van der Waals surface area contributed by atoms with Gasteiger partial charge < -0.3 is 15.4 Å². The number of nitrogens with one attached hydrogen (secondary N) is 2. The molecule has 2 fully saturated rings. The molecule has 1 aliphatic heterocycles. The van der Waals surface area contributed by atoms with Crippen molar-refractivity contribution >= 4 is 22.5 Å². The molecule has 0 unspecified atom stereocenters. The van der Waals surface area contributed by atoms with Crippen LogP contribution in [0.1, 0.15) is 29.9 Å². The molecule has 0 bridgehead atoms. The van der Waals surface area contributed by atoms with Gasteiger partial charge >= 0.3 is 0 Å². The average Bonchev–Trinajstić information content (AvgIpc) is 3.19. The number of aliphatic hydroxyl groups is 1. The molecule has 1 saturated carbocycles. The third kappa shape index (κ3) is 4.89. The molecule has 7 nitrogen and oxygen atoms in total. The maximum Gasteiger partial charge on any atom is 0.168 e. The molecule has 166 valence electrons. The van der Waals surface area contributed by atoms with E-state index in [1.807, 2.05) is 18.3 Å². The summed E-state index contributed by atoms with van der Waals surface area (Å²) in [5, 5.41) is 13.3. The van der Waals surface area contributed by atoms with Gasteiger partial charge in [0.1, 0.15) is 0 Å². The number of piperazine rings is 1. The first-order chi connectivity index (χ1) is 15.1. The fourth-order valence-electron chi connectivity index (χ4n) is 4.77. The number of nitrogens with zero attached hydrogens (tertiary/aromatic N) is 2. The second kappa shape index (κ2) is 9.77. The Morgan fingerprint density at radius 3 is 2.45 bits per heavy atom. The average molecular weight is 425 g/mol. The summed E-state index contributed by atoms with van der Waals surface area (Å²) in [6, 6.07) is 6.10. The van der Waals surface area contributed by atoms with Crippen LogP contribution in [0, 0.1) is 6.92 Å². The van der Waals surface area contributed by atoms with Crippen molar-refractivity contribution in [3.05, 3.63) is 47.3 Å². The number of aromatic amines is 1. The van der Waals surface area contributed by atoms with Crippen molar-refractivity contribution in [2.24, 2.45) is 0 Å². The number of benzene rings is 1. The van der Waals surface area contributed by atoms with Crippen molar-refractivity contribution in [1.29, 1.82) is 0 Å². The van der Waals surface area contributed by atoms with Gasteiger partial charge in [0, 0.05) is 87.9 Å². The molecule has 2 aromatic rings. The zero-order valence-electron chi connectivity index (χ0n) is 18.2. The van der Waals surface area contributed by atoms with Crippen LogP contribution in [0.15, 0.2) is 36.2 Å². The smallest absolute Gasteiger partial charge is 0.168 e. The van der Waals surface area contributed by atoms with E-state index in [4.69, 9.17) is 5.11 Å². The summed E-state index contributed by atoms with van der Waals surface area (Å²) >= 11 is 0. The predicted molar refractivity (Wildman–Crippen MR) is 121 cm³/mol. The van der Waals surface area contributed by atoms with Crippen molar-refractivity contribution in [3.63, 3.8) is 0 Å². The lowest BCUT2D eigenvalue weighted by Crippen LogP contribution is -2.48. The molecule has 1 aliphatic carbocycles. The van der Waals surface area contributed by atoms with E-state index in [1.165, 1.54) is 0 Å². The molecule has 2 heterocycles. The van der Waals surface area contributed by atoms with Crippen molar-refractivity contribution in [3.8, 4) is 0 Å². The van der Waals surface area contributed by atoms with Crippen molar-refractivity contribution in [2.45, 2.75) is 25.7 Å². The number of fused-ring (bicyclic) bond motifs is 1. The Bertz CT molecular complexity index is 952. The van der Waals surface area contributed by atoms with E-state index in [-0.39, 0.29) is 24.1 Å². The number of hydrogen-bond donors (Lipinski definition) is 3. The Kier molecular flexibility index (Phi) is 6.85. The van der Waals surface area contributed by atoms with Gasteiger partial charge in [-0.1, -0.05) is 12.1 Å². The predicted octanol–water partition coefficient (Wildman–Crippen LogP) is 1.58. The van der Waals surface area contributed by atoms with Crippen LogP contribution < -0.4 is 5.32 Å². The van der Waals surface area contributed by atoms with Crippen LogP contribution in [-0.2, 0) is 9.59 Å². The van der Waals surface area contributed by atoms with Gasteiger partial charge in [-0.2, -0.15) is 0 Å². The largest absolute Gasteiger partial charge is 0.395 e. The number of ketones is 2. The van der Waals surface area contributed by atoms with Crippen LogP contribution >= 0.6 is 0 Å². The number of β-amino-alcohol motifs (C(OH)–C–C–N with tert-alkyl or cyclic N) is 1. The fourth-order valence-corrected chi connectivity index (χ4v) is 4.77. The van der Waals surface area contributed by atoms with Crippen molar-refractivity contribution in [2.75, 3.05) is 52.4 Å². The molecule has 2 aliphatic rings. The van der Waals surface area contributed by atoms with E-state index in [9.17, 15) is 9.59 Å². The van der Waals surface area contributed by atoms with E-state index in [1.54, 1.807) is 6.20 Å². The van der Waals surface area contributed by atoms with Gasteiger partial charge in [0.25, 0.3) is 0 Å². The number of H-pyrrole nitrogens is 1. The molecule has 1 aromatic heterocycles. The first-order valence-electron chi connectivity index (χ1n) is 11.2. The number of aryl methyl sites for hydroxylation is 1. The number of Topliss-reactive ketones (excluding diaryl/α,β-unsaturated/α-hetero) is 2. The van der Waals surface area contributed by atoms with E-state index >= 15 is 0 Å². The van der Waals surface area contributed by atoms with E-state index in [0.717, 1.165) is 61.3 Å². The monoisotopic (exact) mass is 424 g/mol. The number of carbonyl (C=O) groups excluding carboxylic acids is 2. The third-order valence-electron chi connectivity index (χ3n) is 6.55. The minimum Gasteiger partial charge on any atom is -0.395 e. The lowest BCUT2D eigenvalue weighted by Gasteiger charge is -2.34. The molecule has 4 rings (SSSR count). The molecular weight excluding hydrogens is 392 g/mol. The number of hydrogen-bond acceptors (Lipinski definition) is 6. The maximum absolute atomic E-state index is 12.7. The highest BCUT2D eigenvalue weighted by Gasteiger charge is 2.32. The van der Waals surface area contributed by atoms with Gasteiger partial charge in [0.05, 0.1) is 12.2 Å². The van der Waals surface area contributed by atoms with Gasteiger partial charge in [-0.05, 0) is 24.1 Å². The van der Waals surface area contributed by atoms with Crippen LogP contribution in [-0.4, -0.2) is 83.9 Å². The van der Waals surface area contributed by atoms with Gasteiger partial charge in [-0.3, -0.25) is 19.4 Å². The van der Waals surface area contributed by atoms with Gasteiger partial charge in [-0.15, -0.1) is 0 Å². The normalized spacial score (nSPS) is 21.1. The number of allylic oxidation sites excluding steroid dienone is 1.